The average molecular weight is 399 g/mol. The summed E-state index contributed by atoms with van der Waals surface area (Å²) < 4.78 is 0. The first kappa shape index (κ1) is 19.1. The minimum Gasteiger partial charge on any atom is -0.309 e. The molecule has 2 saturated heterocycles. The van der Waals surface area contributed by atoms with Gasteiger partial charge in [0.2, 0.25) is 0 Å². The number of likely N-dealkylation sites (N-methyl/N-ethyl adjacent to an activating group) is 1. The van der Waals surface area contributed by atoms with E-state index in [1.807, 2.05) is 41.6 Å². The highest BCUT2D eigenvalue weighted by atomic mass is 32.1. The number of imide groups is 1. The van der Waals surface area contributed by atoms with Gasteiger partial charge in [0.05, 0.1) is 6.54 Å². The second kappa shape index (κ2) is 8.01. The predicted octanol–water partition coefficient (Wildman–Crippen LogP) is 3.00. The number of benzene rings is 1. The van der Waals surface area contributed by atoms with Crippen LogP contribution in [-0.2, 0) is 17.8 Å². The first-order valence-electron chi connectivity index (χ1n) is 9.92. The molecule has 2 aromatic rings. The highest BCUT2D eigenvalue weighted by Gasteiger charge is 2.57. The van der Waals surface area contributed by atoms with Gasteiger partial charge in [-0.25, -0.2) is 9.78 Å². The Morgan fingerprint density at radius 3 is 2.54 bits per heavy atom. The molecule has 2 aliphatic heterocycles. The second-order valence-corrected chi connectivity index (χ2v) is 8.43. The SMILES string of the molecule is CCN1C(=O)N(CCc2ccccc2)C2(CCN(Cc3nccs3)CC2)C1=O. The Bertz CT molecular complexity index is 816. The largest absolute Gasteiger partial charge is 0.327 e. The highest BCUT2D eigenvalue weighted by Crippen LogP contribution is 2.37. The van der Waals surface area contributed by atoms with Gasteiger partial charge in [-0.3, -0.25) is 14.6 Å². The number of nitrogens with zero attached hydrogens (tertiary/aromatic N) is 4. The van der Waals surface area contributed by atoms with Gasteiger partial charge in [0.1, 0.15) is 10.5 Å². The standard InChI is InChI=1S/C21H26N4O2S/c1-2-24-19(26)21(9-13-23(14-10-21)16-18-22-11-15-28-18)25(20(24)27)12-8-17-6-4-3-5-7-17/h3-7,11,15H,2,8-10,12-14,16H2,1H3. The van der Waals surface area contributed by atoms with Crippen molar-refractivity contribution < 1.29 is 9.59 Å². The molecule has 2 fully saturated rings. The molecule has 7 heteroatoms. The second-order valence-electron chi connectivity index (χ2n) is 7.45. The van der Waals surface area contributed by atoms with Gasteiger partial charge in [0, 0.05) is 37.8 Å². The van der Waals surface area contributed by atoms with Crippen molar-refractivity contribution in [3.8, 4) is 0 Å². The Morgan fingerprint density at radius 2 is 1.89 bits per heavy atom. The van der Waals surface area contributed by atoms with Crippen molar-refractivity contribution in [3.05, 3.63) is 52.5 Å². The summed E-state index contributed by atoms with van der Waals surface area (Å²) in [6, 6.07) is 10.0. The first-order valence-corrected chi connectivity index (χ1v) is 10.8. The molecule has 0 N–H and O–H groups in total. The fourth-order valence-corrected chi connectivity index (χ4v) is 5.00. The summed E-state index contributed by atoms with van der Waals surface area (Å²) in [5, 5.41) is 3.09. The fraction of sp³-hybridized carbons (Fsp3) is 0.476. The van der Waals surface area contributed by atoms with E-state index in [1.165, 1.54) is 10.5 Å². The molecule has 0 aliphatic carbocycles. The number of carbonyl (C=O) groups excluding carboxylic acids is 2. The van der Waals surface area contributed by atoms with Crippen LogP contribution in [-0.4, -0.2) is 63.3 Å². The van der Waals surface area contributed by atoms with Crippen LogP contribution in [0.2, 0.25) is 0 Å². The Morgan fingerprint density at radius 1 is 1.14 bits per heavy atom. The van der Waals surface area contributed by atoms with Crippen LogP contribution in [0.5, 0.6) is 0 Å². The van der Waals surface area contributed by atoms with Gasteiger partial charge < -0.3 is 4.90 Å². The summed E-state index contributed by atoms with van der Waals surface area (Å²) in [5.41, 5.74) is 0.510. The molecule has 1 aromatic carbocycles. The lowest BCUT2D eigenvalue weighted by Gasteiger charge is -2.42. The van der Waals surface area contributed by atoms with Crippen LogP contribution in [0.4, 0.5) is 4.79 Å². The smallest absolute Gasteiger partial charge is 0.309 e. The molecule has 0 unspecified atom stereocenters. The van der Waals surface area contributed by atoms with Crippen LogP contribution in [0.15, 0.2) is 41.9 Å². The van der Waals surface area contributed by atoms with Gasteiger partial charge in [0.25, 0.3) is 5.91 Å². The lowest BCUT2D eigenvalue weighted by atomic mass is 9.85. The van der Waals surface area contributed by atoms with Gasteiger partial charge >= 0.3 is 6.03 Å². The zero-order valence-electron chi connectivity index (χ0n) is 16.2. The van der Waals surface area contributed by atoms with Crippen molar-refractivity contribution >= 4 is 23.3 Å². The van der Waals surface area contributed by atoms with Gasteiger partial charge in [-0.05, 0) is 31.7 Å². The maximum Gasteiger partial charge on any atom is 0.327 e. The summed E-state index contributed by atoms with van der Waals surface area (Å²) in [5.74, 6) is -0.0121. The third kappa shape index (κ3) is 3.44. The molecule has 3 heterocycles. The number of piperidine rings is 1. The fourth-order valence-electron chi connectivity index (χ4n) is 4.34. The molecule has 0 atom stereocenters. The number of hydrogen-bond donors (Lipinski definition) is 0. The number of carbonyl (C=O) groups is 2. The summed E-state index contributed by atoms with van der Waals surface area (Å²) in [6.07, 6.45) is 3.97. The van der Waals surface area contributed by atoms with E-state index in [1.54, 1.807) is 11.3 Å². The molecule has 0 bridgehead atoms. The Balaban J connectivity index is 1.49. The Labute approximate surface area is 169 Å². The highest BCUT2D eigenvalue weighted by molar-refractivity contribution is 7.09. The van der Waals surface area contributed by atoms with Crippen LogP contribution < -0.4 is 0 Å². The first-order chi connectivity index (χ1) is 13.6. The number of urea groups is 1. The summed E-state index contributed by atoms with van der Waals surface area (Å²) in [7, 11) is 0. The minimum absolute atomic E-state index is 0.0121. The zero-order chi connectivity index (χ0) is 19.6. The summed E-state index contributed by atoms with van der Waals surface area (Å²) in [6.45, 7) is 5.32. The van der Waals surface area contributed by atoms with Crippen LogP contribution in [0.25, 0.3) is 0 Å². The van der Waals surface area contributed by atoms with Crippen LogP contribution in [0.1, 0.15) is 30.3 Å². The molecule has 0 saturated carbocycles. The van der Waals surface area contributed by atoms with E-state index < -0.39 is 5.54 Å². The Kier molecular flexibility index (Phi) is 5.46. The Hall–Kier alpha value is -2.25. The molecule has 148 valence electrons. The van der Waals surface area contributed by atoms with E-state index >= 15 is 0 Å². The number of amides is 3. The van der Waals surface area contributed by atoms with Crippen molar-refractivity contribution in [1.29, 1.82) is 0 Å². The lowest BCUT2D eigenvalue weighted by Crippen LogP contribution is -2.56. The number of aromatic nitrogens is 1. The summed E-state index contributed by atoms with van der Waals surface area (Å²) >= 11 is 1.66. The van der Waals surface area contributed by atoms with Crippen LogP contribution >= 0.6 is 11.3 Å². The zero-order valence-corrected chi connectivity index (χ0v) is 17.0. The van der Waals surface area contributed by atoms with Gasteiger partial charge in [-0.1, -0.05) is 30.3 Å². The van der Waals surface area contributed by atoms with E-state index in [2.05, 4.69) is 22.0 Å². The maximum absolute atomic E-state index is 13.2. The van der Waals surface area contributed by atoms with Crippen LogP contribution in [0.3, 0.4) is 0 Å². The minimum atomic E-state index is -0.679. The molecule has 4 rings (SSSR count). The molecule has 3 amide bonds. The molecule has 28 heavy (non-hydrogen) atoms. The quantitative estimate of drug-likeness (QED) is 0.702. The summed E-state index contributed by atoms with van der Waals surface area (Å²) in [4.78, 5) is 36.2. The third-order valence-corrected chi connectivity index (χ3v) is 6.69. The molecule has 2 aliphatic rings. The van der Waals surface area contributed by atoms with Crippen molar-refractivity contribution in [2.75, 3.05) is 26.2 Å². The third-order valence-electron chi connectivity index (χ3n) is 5.93. The normalized spacial score (nSPS) is 19.8. The monoisotopic (exact) mass is 398 g/mol. The van der Waals surface area contributed by atoms with E-state index in [0.717, 1.165) is 31.1 Å². The van der Waals surface area contributed by atoms with Gasteiger partial charge in [0.15, 0.2) is 0 Å². The van der Waals surface area contributed by atoms with Crippen LogP contribution in [0, 0.1) is 0 Å². The average Bonchev–Trinajstić information content (AvgIpc) is 3.29. The van der Waals surface area contributed by atoms with Crippen molar-refractivity contribution in [2.24, 2.45) is 0 Å². The van der Waals surface area contributed by atoms with E-state index in [0.29, 0.717) is 25.9 Å². The van der Waals surface area contributed by atoms with Crippen molar-refractivity contribution in [2.45, 2.75) is 38.3 Å². The molecular formula is C21H26N4O2S. The van der Waals surface area contributed by atoms with Gasteiger partial charge in [-0.15, -0.1) is 11.3 Å². The molecule has 1 spiro atoms. The predicted molar refractivity (Wildman–Crippen MR) is 109 cm³/mol. The van der Waals surface area contributed by atoms with E-state index in [-0.39, 0.29) is 11.9 Å². The molecular weight excluding hydrogens is 372 g/mol. The lowest BCUT2D eigenvalue weighted by molar-refractivity contribution is -0.135. The number of thiazole rings is 1. The topological polar surface area (TPSA) is 56.8 Å². The number of likely N-dealkylation sites (tertiary alicyclic amines) is 1. The number of rotatable bonds is 6. The molecule has 6 nitrogen and oxygen atoms in total. The molecule has 1 aromatic heterocycles. The van der Waals surface area contributed by atoms with Gasteiger partial charge in [-0.2, -0.15) is 0 Å². The van der Waals surface area contributed by atoms with Crippen molar-refractivity contribution in [3.63, 3.8) is 0 Å². The van der Waals surface area contributed by atoms with E-state index in [4.69, 9.17) is 0 Å². The number of hydrogen-bond acceptors (Lipinski definition) is 5. The maximum atomic E-state index is 13.2. The van der Waals surface area contributed by atoms with Crippen molar-refractivity contribution in [1.82, 2.24) is 19.7 Å². The molecule has 0 radical (unpaired) electrons. The van der Waals surface area contributed by atoms with E-state index in [9.17, 15) is 9.59 Å².